The lowest BCUT2D eigenvalue weighted by Gasteiger charge is -2.20. The van der Waals surface area contributed by atoms with E-state index in [1.807, 2.05) is 121 Å². The first kappa shape index (κ1) is 30.9. The van der Waals surface area contributed by atoms with Crippen LogP contribution in [0.4, 0.5) is 0 Å². The van der Waals surface area contributed by atoms with Gasteiger partial charge in [-0.25, -0.2) is 4.79 Å². The zero-order valence-corrected chi connectivity index (χ0v) is 25.1. The molecule has 0 fully saturated rings. The van der Waals surface area contributed by atoms with E-state index in [1.165, 1.54) is 7.11 Å². The van der Waals surface area contributed by atoms with Crippen LogP contribution in [-0.2, 0) is 35.8 Å². The maximum atomic E-state index is 13.7. The van der Waals surface area contributed by atoms with Crippen molar-refractivity contribution in [2.24, 2.45) is 0 Å². The van der Waals surface area contributed by atoms with E-state index in [1.54, 1.807) is 12.1 Å². The van der Waals surface area contributed by atoms with Crippen LogP contribution in [0.1, 0.15) is 32.6 Å². The highest BCUT2D eigenvalue weighted by Crippen LogP contribution is 2.40. The molecule has 0 saturated carbocycles. The van der Waals surface area contributed by atoms with Crippen molar-refractivity contribution in [1.82, 2.24) is 5.32 Å². The van der Waals surface area contributed by atoms with Gasteiger partial charge in [0, 0.05) is 12.0 Å². The standard InChI is InChI=1S/C38H35NO6/c1-42-38(41)33(22-28-14-6-2-7-15-28)39-37(40)32-23-34(43-25-29-16-8-3-9-17-29)36(45-27-31-20-12-5-13-21-31)35(24-32)44-26-30-18-10-4-11-19-30/h2-21,23-24,33H,22,25-27H2,1H3,(H,39,40)/t33-/m1/s1. The van der Waals surface area contributed by atoms with Crippen molar-refractivity contribution in [1.29, 1.82) is 0 Å². The van der Waals surface area contributed by atoms with Crippen molar-refractivity contribution in [3.8, 4) is 17.2 Å². The SMILES string of the molecule is COC(=O)[C@@H](Cc1ccccc1)NC(=O)c1cc(OCc2ccccc2)c(OCc2ccccc2)c(OCc2ccccc2)c1. The first-order chi connectivity index (χ1) is 22.1. The molecule has 0 aliphatic heterocycles. The summed E-state index contributed by atoms with van der Waals surface area (Å²) in [5.74, 6) is 0.0172. The van der Waals surface area contributed by atoms with E-state index in [-0.39, 0.29) is 31.8 Å². The van der Waals surface area contributed by atoms with Crippen LogP contribution >= 0.6 is 0 Å². The maximum absolute atomic E-state index is 13.7. The first-order valence-corrected chi connectivity index (χ1v) is 14.7. The van der Waals surface area contributed by atoms with E-state index in [4.69, 9.17) is 18.9 Å². The van der Waals surface area contributed by atoms with Gasteiger partial charge < -0.3 is 24.3 Å². The van der Waals surface area contributed by atoms with Gasteiger partial charge in [0.2, 0.25) is 5.75 Å². The van der Waals surface area contributed by atoms with Gasteiger partial charge in [-0.15, -0.1) is 0 Å². The van der Waals surface area contributed by atoms with Gasteiger partial charge in [0.15, 0.2) is 11.5 Å². The summed E-state index contributed by atoms with van der Waals surface area (Å²) in [6.45, 7) is 0.742. The van der Waals surface area contributed by atoms with Crippen molar-refractivity contribution in [2.75, 3.05) is 7.11 Å². The van der Waals surface area contributed by atoms with E-state index in [9.17, 15) is 9.59 Å². The number of ether oxygens (including phenoxy) is 4. The monoisotopic (exact) mass is 601 g/mol. The van der Waals surface area contributed by atoms with Gasteiger partial charge in [-0.05, 0) is 34.4 Å². The van der Waals surface area contributed by atoms with Crippen molar-refractivity contribution in [3.05, 3.63) is 161 Å². The predicted molar refractivity (Wildman–Crippen MR) is 172 cm³/mol. The molecule has 7 nitrogen and oxygen atoms in total. The van der Waals surface area contributed by atoms with Crippen LogP contribution in [-0.4, -0.2) is 25.0 Å². The molecular weight excluding hydrogens is 566 g/mol. The van der Waals surface area contributed by atoms with Gasteiger partial charge >= 0.3 is 5.97 Å². The quantitative estimate of drug-likeness (QED) is 0.139. The summed E-state index contributed by atoms with van der Waals surface area (Å²) in [6.07, 6.45) is 0.270. The second-order valence-corrected chi connectivity index (χ2v) is 10.4. The molecule has 0 unspecified atom stereocenters. The number of nitrogens with one attached hydrogen (secondary N) is 1. The average molecular weight is 602 g/mol. The summed E-state index contributed by atoms with van der Waals surface area (Å²) in [4.78, 5) is 26.4. The fraction of sp³-hybridized carbons (Fsp3) is 0.158. The van der Waals surface area contributed by atoms with Gasteiger partial charge in [0.25, 0.3) is 5.91 Å². The highest BCUT2D eigenvalue weighted by Gasteiger charge is 2.25. The Morgan fingerprint density at radius 1 is 0.578 bits per heavy atom. The number of rotatable bonds is 14. The second-order valence-electron chi connectivity index (χ2n) is 10.4. The minimum atomic E-state index is -0.902. The second kappa shape index (κ2) is 15.8. The molecule has 0 aliphatic carbocycles. The van der Waals surface area contributed by atoms with Gasteiger partial charge in [-0.1, -0.05) is 121 Å². The van der Waals surface area contributed by atoms with Crippen molar-refractivity contribution >= 4 is 11.9 Å². The summed E-state index contributed by atoms with van der Waals surface area (Å²) in [5.41, 5.74) is 3.99. The Bertz CT molecular complexity index is 1600. The molecule has 0 aliphatic rings. The summed E-state index contributed by atoms with van der Waals surface area (Å²) < 4.78 is 23.9. The topological polar surface area (TPSA) is 83.1 Å². The molecular formula is C38H35NO6. The Kier molecular flexibility index (Phi) is 10.8. The highest BCUT2D eigenvalue weighted by atomic mass is 16.5. The number of carbonyl (C=O) groups excluding carboxylic acids is 2. The van der Waals surface area contributed by atoms with Crippen LogP contribution < -0.4 is 19.5 Å². The third-order valence-electron chi connectivity index (χ3n) is 7.06. The van der Waals surface area contributed by atoms with Crippen molar-refractivity contribution in [3.63, 3.8) is 0 Å². The number of carbonyl (C=O) groups is 2. The normalized spacial score (nSPS) is 11.2. The van der Waals surface area contributed by atoms with Crippen LogP contribution in [0.3, 0.4) is 0 Å². The van der Waals surface area contributed by atoms with Crippen LogP contribution in [0, 0.1) is 0 Å². The summed E-state index contributed by atoms with van der Waals surface area (Å²) >= 11 is 0. The molecule has 5 rings (SSSR count). The highest BCUT2D eigenvalue weighted by molar-refractivity contribution is 5.98. The zero-order valence-electron chi connectivity index (χ0n) is 25.1. The molecule has 5 aromatic rings. The van der Waals surface area contributed by atoms with Gasteiger partial charge in [-0.3, -0.25) is 4.79 Å². The Labute approximate surface area is 263 Å². The third-order valence-corrected chi connectivity index (χ3v) is 7.06. The number of benzene rings is 5. The lowest BCUT2D eigenvalue weighted by Crippen LogP contribution is -2.43. The van der Waals surface area contributed by atoms with E-state index in [2.05, 4.69) is 5.32 Å². The molecule has 7 heteroatoms. The fourth-order valence-corrected chi connectivity index (χ4v) is 4.69. The molecule has 0 bridgehead atoms. The summed E-state index contributed by atoms with van der Waals surface area (Å²) in [5, 5.41) is 2.85. The summed E-state index contributed by atoms with van der Waals surface area (Å²) in [7, 11) is 1.30. The van der Waals surface area contributed by atoms with Crippen LogP contribution in [0.25, 0.3) is 0 Å². The minimum absolute atomic E-state index is 0.241. The number of methoxy groups -OCH3 is 1. The number of amides is 1. The molecule has 5 aromatic carbocycles. The van der Waals surface area contributed by atoms with Gasteiger partial charge in [0.05, 0.1) is 7.11 Å². The molecule has 0 saturated heterocycles. The number of hydrogen-bond acceptors (Lipinski definition) is 6. The molecule has 1 amide bonds. The number of hydrogen-bond donors (Lipinski definition) is 1. The molecule has 0 spiro atoms. The summed E-state index contributed by atoms with van der Waals surface area (Å²) in [6, 6.07) is 41.0. The van der Waals surface area contributed by atoms with Gasteiger partial charge in [-0.2, -0.15) is 0 Å². The third kappa shape index (κ3) is 8.97. The van der Waals surface area contributed by atoms with Gasteiger partial charge in [0.1, 0.15) is 25.9 Å². The molecule has 1 N–H and O–H groups in total. The van der Waals surface area contributed by atoms with Crippen LogP contribution in [0.2, 0.25) is 0 Å². The Hall–Kier alpha value is -5.56. The zero-order chi connectivity index (χ0) is 31.3. The fourth-order valence-electron chi connectivity index (χ4n) is 4.69. The lowest BCUT2D eigenvalue weighted by atomic mass is 10.1. The van der Waals surface area contributed by atoms with Crippen LogP contribution in [0.5, 0.6) is 17.2 Å². The van der Waals surface area contributed by atoms with E-state index in [0.29, 0.717) is 17.2 Å². The van der Waals surface area contributed by atoms with Crippen LogP contribution in [0.15, 0.2) is 133 Å². The Balaban J connectivity index is 1.49. The molecule has 1 atom stereocenters. The van der Waals surface area contributed by atoms with Crippen molar-refractivity contribution < 1.29 is 28.5 Å². The number of esters is 1. The molecule has 0 radical (unpaired) electrons. The molecule has 0 aromatic heterocycles. The maximum Gasteiger partial charge on any atom is 0.328 e. The first-order valence-electron chi connectivity index (χ1n) is 14.7. The molecule has 45 heavy (non-hydrogen) atoms. The van der Waals surface area contributed by atoms with E-state index >= 15 is 0 Å². The molecule has 0 heterocycles. The largest absolute Gasteiger partial charge is 0.485 e. The Morgan fingerprint density at radius 2 is 0.978 bits per heavy atom. The van der Waals surface area contributed by atoms with E-state index in [0.717, 1.165) is 22.3 Å². The Morgan fingerprint density at radius 3 is 1.40 bits per heavy atom. The molecule has 228 valence electrons. The van der Waals surface area contributed by atoms with E-state index < -0.39 is 17.9 Å². The average Bonchev–Trinajstić information content (AvgIpc) is 3.10. The minimum Gasteiger partial charge on any atom is -0.485 e. The lowest BCUT2D eigenvalue weighted by molar-refractivity contribution is -0.142. The van der Waals surface area contributed by atoms with Crippen molar-refractivity contribution in [2.45, 2.75) is 32.3 Å². The predicted octanol–water partition coefficient (Wildman–Crippen LogP) is 6.94. The smallest absolute Gasteiger partial charge is 0.328 e.